The second-order valence-electron chi connectivity index (χ2n) is 8.86. The van der Waals surface area contributed by atoms with Gasteiger partial charge in [0.05, 0.1) is 19.3 Å². The fraction of sp³-hybridized carbons (Fsp3) is 0.375. The first-order valence-electron chi connectivity index (χ1n) is 10.9. The number of pyridine rings is 1. The minimum Gasteiger partial charge on any atom is -0.464 e. The van der Waals surface area contributed by atoms with Crippen molar-refractivity contribution in [3.05, 3.63) is 63.7 Å². The average Bonchev–Trinajstić information content (AvgIpc) is 3.11. The molecule has 2 N–H and O–H groups in total. The number of methoxy groups -OCH3 is 1. The van der Waals surface area contributed by atoms with E-state index in [1.165, 1.54) is 7.11 Å². The van der Waals surface area contributed by atoms with Gasteiger partial charge < -0.3 is 19.6 Å². The SMILES string of the molecule is COC(=O)c1[nH]c2ccc(C)cc2c1NC(=O)CN1C[C@@H]2C[C@H](C1)c1cccc(=O)n1C2. The molecule has 5 rings (SSSR count). The zero-order valence-electron chi connectivity index (χ0n) is 18.2. The Morgan fingerprint density at radius 3 is 2.84 bits per heavy atom. The highest BCUT2D eigenvalue weighted by molar-refractivity contribution is 6.11. The summed E-state index contributed by atoms with van der Waals surface area (Å²) in [6, 6.07) is 11.2. The second-order valence-corrected chi connectivity index (χ2v) is 8.86. The summed E-state index contributed by atoms with van der Waals surface area (Å²) in [5.74, 6) is -0.118. The number of ether oxygens (including phenoxy) is 1. The lowest BCUT2D eigenvalue weighted by Gasteiger charge is -2.42. The Kier molecular flexibility index (Phi) is 5.09. The Balaban J connectivity index is 1.36. The van der Waals surface area contributed by atoms with E-state index in [4.69, 9.17) is 4.74 Å². The first kappa shape index (κ1) is 20.5. The second kappa shape index (κ2) is 7.94. The standard InChI is InChI=1S/C24H26N4O4/c1-14-6-7-18-17(8-14)22(23(25-18)24(31)32-2)26-20(29)13-27-10-15-9-16(12-27)19-4-3-5-21(30)28(19)11-15/h3-8,15-16,25H,9-13H2,1-2H3,(H,26,29)/t15-,16+/m0/s1. The van der Waals surface area contributed by atoms with Gasteiger partial charge in [-0.2, -0.15) is 0 Å². The molecule has 4 heterocycles. The summed E-state index contributed by atoms with van der Waals surface area (Å²) in [6.45, 7) is 4.37. The summed E-state index contributed by atoms with van der Waals surface area (Å²) < 4.78 is 6.78. The molecule has 2 aliphatic heterocycles. The van der Waals surface area contributed by atoms with Crippen LogP contribution < -0.4 is 10.9 Å². The van der Waals surface area contributed by atoms with E-state index in [-0.39, 0.29) is 29.6 Å². The Morgan fingerprint density at radius 2 is 2.03 bits per heavy atom. The van der Waals surface area contributed by atoms with Gasteiger partial charge in [-0.3, -0.25) is 14.5 Å². The van der Waals surface area contributed by atoms with E-state index in [1.807, 2.05) is 41.8 Å². The summed E-state index contributed by atoms with van der Waals surface area (Å²) in [6.07, 6.45) is 1.04. The maximum absolute atomic E-state index is 13.0. The average molecular weight is 434 g/mol. The van der Waals surface area contributed by atoms with Gasteiger partial charge in [0.15, 0.2) is 0 Å². The van der Waals surface area contributed by atoms with Crippen molar-refractivity contribution in [3.63, 3.8) is 0 Å². The third-order valence-corrected chi connectivity index (χ3v) is 6.53. The topological polar surface area (TPSA) is 96.4 Å². The number of carbonyl (C=O) groups excluding carboxylic acids is 2. The van der Waals surface area contributed by atoms with Crippen LogP contribution in [0.4, 0.5) is 5.69 Å². The fourth-order valence-corrected chi connectivity index (χ4v) is 5.20. The molecule has 1 saturated heterocycles. The number of amides is 1. The molecular formula is C24H26N4O4. The number of likely N-dealkylation sites (tertiary alicyclic amines) is 1. The van der Waals surface area contributed by atoms with Crippen LogP contribution in [0.5, 0.6) is 0 Å². The van der Waals surface area contributed by atoms with Gasteiger partial charge in [0.25, 0.3) is 5.56 Å². The molecule has 0 spiro atoms. The molecule has 0 saturated carbocycles. The highest BCUT2D eigenvalue weighted by Gasteiger charge is 2.35. The Hall–Kier alpha value is -3.39. The van der Waals surface area contributed by atoms with Crippen LogP contribution in [0, 0.1) is 12.8 Å². The van der Waals surface area contributed by atoms with Crippen LogP contribution >= 0.6 is 0 Å². The van der Waals surface area contributed by atoms with E-state index in [0.29, 0.717) is 18.2 Å². The molecule has 0 radical (unpaired) electrons. The lowest BCUT2D eigenvalue weighted by atomic mass is 9.83. The van der Waals surface area contributed by atoms with Crippen molar-refractivity contribution in [2.24, 2.45) is 5.92 Å². The van der Waals surface area contributed by atoms with Crippen molar-refractivity contribution in [1.29, 1.82) is 0 Å². The number of piperidine rings is 1. The zero-order valence-corrected chi connectivity index (χ0v) is 18.2. The number of carbonyl (C=O) groups is 2. The van der Waals surface area contributed by atoms with Gasteiger partial charge in [0, 0.05) is 48.2 Å². The van der Waals surface area contributed by atoms with Crippen LogP contribution in [0.1, 0.15) is 34.1 Å². The van der Waals surface area contributed by atoms with E-state index in [2.05, 4.69) is 15.2 Å². The molecule has 2 aromatic heterocycles. The van der Waals surface area contributed by atoms with Crippen LogP contribution in [0.2, 0.25) is 0 Å². The predicted molar refractivity (Wildman–Crippen MR) is 121 cm³/mol. The minimum atomic E-state index is -0.524. The summed E-state index contributed by atoms with van der Waals surface area (Å²) >= 11 is 0. The summed E-state index contributed by atoms with van der Waals surface area (Å²) in [5, 5.41) is 3.73. The molecule has 2 aliphatic rings. The highest BCUT2D eigenvalue weighted by atomic mass is 16.5. The number of hydrogen-bond donors (Lipinski definition) is 2. The van der Waals surface area contributed by atoms with Gasteiger partial charge in [-0.15, -0.1) is 0 Å². The number of nitrogens with zero attached hydrogens (tertiary/aromatic N) is 2. The fourth-order valence-electron chi connectivity index (χ4n) is 5.20. The molecule has 8 nitrogen and oxygen atoms in total. The van der Waals surface area contributed by atoms with E-state index >= 15 is 0 Å². The van der Waals surface area contributed by atoms with Crippen LogP contribution in [-0.4, -0.2) is 53.1 Å². The van der Waals surface area contributed by atoms with Gasteiger partial charge in [0.2, 0.25) is 5.91 Å². The molecule has 1 amide bonds. The molecule has 2 atom stereocenters. The van der Waals surface area contributed by atoms with Crippen LogP contribution in [0.25, 0.3) is 10.9 Å². The molecule has 0 unspecified atom stereocenters. The molecule has 3 aromatic rings. The van der Waals surface area contributed by atoms with Crippen molar-refractivity contribution in [2.75, 3.05) is 32.1 Å². The van der Waals surface area contributed by atoms with Crippen LogP contribution in [-0.2, 0) is 16.1 Å². The quantitative estimate of drug-likeness (QED) is 0.615. The monoisotopic (exact) mass is 434 g/mol. The number of aryl methyl sites for hydroxylation is 1. The van der Waals surface area contributed by atoms with Crippen LogP contribution in [0.15, 0.2) is 41.2 Å². The lowest BCUT2D eigenvalue weighted by Crippen LogP contribution is -2.49. The number of benzene rings is 1. The van der Waals surface area contributed by atoms with Gasteiger partial charge in [-0.1, -0.05) is 17.7 Å². The molecule has 8 heteroatoms. The lowest BCUT2D eigenvalue weighted by molar-refractivity contribution is -0.117. The number of esters is 1. The molecular weight excluding hydrogens is 408 g/mol. The van der Waals surface area contributed by atoms with Gasteiger partial charge in [-0.25, -0.2) is 4.79 Å². The molecule has 166 valence electrons. The number of aromatic amines is 1. The third kappa shape index (κ3) is 3.60. The maximum Gasteiger partial charge on any atom is 0.356 e. The van der Waals surface area contributed by atoms with Gasteiger partial charge in [0.1, 0.15) is 5.69 Å². The summed E-state index contributed by atoms with van der Waals surface area (Å²) in [7, 11) is 1.32. The first-order valence-corrected chi connectivity index (χ1v) is 10.9. The number of rotatable bonds is 4. The molecule has 1 aromatic carbocycles. The number of H-pyrrole nitrogens is 1. The molecule has 32 heavy (non-hydrogen) atoms. The van der Waals surface area contributed by atoms with E-state index in [0.717, 1.165) is 41.7 Å². The smallest absolute Gasteiger partial charge is 0.356 e. The highest BCUT2D eigenvalue weighted by Crippen LogP contribution is 2.35. The number of aromatic nitrogens is 2. The molecule has 2 bridgehead atoms. The Morgan fingerprint density at radius 1 is 1.19 bits per heavy atom. The zero-order chi connectivity index (χ0) is 22.4. The number of nitrogens with one attached hydrogen (secondary N) is 2. The molecule has 1 fully saturated rings. The number of fused-ring (bicyclic) bond motifs is 5. The largest absolute Gasteiger partial charge is 0.464 e. The van der Waals surface area contributed by atoms with E-state index < -0.39 is 5.97 Å². The number of anilines is 1. The van der Waals surface area contributed by atoms with Crippen molar-refractivity contribution in [2.45, 2.75) is 25.8 Å². The van der Waals surface area contributed by atoms with E-state index in [1.54, 1.807) is 6.07 Å². The van der Waals surface area contributed by atoms with Crippen molar-refractivity contribution < 1.29 is 14.3 Å². The van der Waals surface area contributed by atoms with Crippen molar-refractivity contribution >= 4 is 28.5 Å². The van der Waals surface area contributed by atoms with Gasteiger partial charge in [-0.05, 0) is 37.5 Å². The van der Waals surface area contributed by atoms with Crippen LogP contribution in [0.3, 0.4) is 0 Å². The maximum atomic E-state index is 13.0. The Bertz CT molecular complexity index is 1270. The van der Waals surface area contributed by atoms with Gasteiger partial charge >= 0.3 is 5.97 Å². The molecule has 0 aliphatic carbocycles. The predicted octanol–water partition coefficient (Wildman–Crippen LogP) is 2.48. The normalized spacial score (nSPS) is 20.1. The first-order chi connectivity index (χ1) is 15.4. The third-order valence-electron chi connectivity index (χ3n) is 6.53. The Labute approximate surface area is 185 Å². The van der Waals surface area contributed by atoms with E-state index in [9.17, 15) is 14.4 Å². The van der Waals surface area contributed by atoms with Crippen molar-refractivity contribution in [3.8, 4) is 0 Å². The summed E-state index contributed by atoms with van der Waals surface area (Å²) in [5.41, 5.74) is 3.59. The minimum absolute atomic E-state index is 0.0494. The number of hydrogen-bond acceptors (Lipinski definition) is 5. The van der Waals surface area contributed by atoms with Crippen molar-refractivity contribution in [1.82, 2.24) is 14.5 Å². The summed E-state index contributed by atoms with van der Waals surface area (Å²) in [4.78, 5) is 42.7.